The molecule has 0 aliphatic carbocycles. The van der Waals surface area contributed by atoms with E-state index in [0.717, 1.165) is 5.56 Å². The molecule has 0 radical (unpaired) electrons. The van der Waals surface area contributed by atoms with Crippen molar-refractivity contribution in [2.45, 2.75) is 11.3 Å². The third kappa shape index (κ3) is 5.51. The molecule has 1 aliphatic heterocycles. The maximum Gasteiger partial charge on any atom is 0.248 e. The smallest absolute Gasteiger partial charge is 0.248 e. The van der Waals surface area contributed by atoms with E-state index in [1.54, 1.807) is 42.5 Å². The van der Waals surface area contributed by atoms with Crippen LogP contribution >= 0.6 is 0 Å². The molecular formula is C21H21N3O4S. The molecule has 1 saturated heterocycles. The van der Waals surface area contributed by atoms with E-state index in [4.69, 9.17) is 10.00 Å². The average molecular weight is 411 g/mol. The first-order valence-corrected chi connectivity index (χ1v) is 10.6. The highest BCUT2D eigenvalue weighted by molar-refractivity contribution is 7.89. The second-order valence-corrected chi connectivity index (χ2v) is 8.38. The third-order valence-electron chi connectivity index (χ3n) is 4.42. The zero-order chi connectivity index (χ0) is 20.7. The molecule has 0 bridgehead atoms. The number of nitriles is 1. The Bertz CT molecular complexity index is 1020. The van der Waals surface area contributed by atoms with Gasteiger partial charge in [-0.05, 0) is 41.5 Å². The summed E-state index contributed by atoms with van der Waals surface area (Å²) in [5.74, 6) is -0.303. The lowest BCUT2D eigenvalue weighted by atomic mass is 10.1. The van der Waals surface area contributed by atoms with Crippen LogP contribution in [0.25, 0.3) is 6.08 Å². The minimum Gasteiger partial charge on any atom is -0.379 e. The van der Waals surface area contributed by atoms with Crippen molar-refractivity contribution in [1.29, 1.82) is 5.26 Å². The summed E-state index contributed by atoms with van der Waals surface area (Å²) in [5, 5.41) is 11.4. The Balaban J connectivity index is 1.60. The van der Waals surface area contributed by atoms with E-state index in [0.29, 0.717) is 44.0 Å². The van der Waals surface area contributed by atoms with Gasteiger partial charge in [0.2, 0.25) is 15.9 Å². The molecule has 0 aromatic heterocycles. The molecule has 0 atom stereocenters. The number of carbonyl (C=O) groups excluding carboxylic acids is 1. The van der Waals surface area contributed by atoms with Crippen LogP contribution < -0.4 is 5.32 Å². The zero-order valence-corrected chi connectivity index (χ0v) is 16.6. The Labute approximate surface area is 170 Å². The molecular weight excluding hydrogens is 390 g/mol. The number of hydrogen-bond donors (Lipinski definition) is 1. The van der Waals surface area contributed by atoms with Crippen LogP contribution in [0.5, 0.6) is 0 Å². The van der Waals surface area contributed by atoms with E-state index in [9.17, 15) is 13.2 Å². The molecule has 1 heterocycles. The molecule has 1 amide bonds. The predicted octanol–water partition coefficient (Wildman–Crippen LogP) is 2.43. The zero-order valence-electron chi connectivity index (χ0n) is 15.7. The van der Waals surface area contributed by atoms with Gasteiger partial charge in [0.1, 0.15) is 0 Å². The van der Waals surface area contributed by atoms with Crippen LogP contribution in [0.2, 0.25) is 0 Å². The molecule has 7 nitrogen and oxygen atoms in total. The monoisotopic (exact) mass is 411 g/mol. The highest BCUT2D eigenvalue weighted by atomic mass is 32.2. The molecule has 2 aromatic carbocycles. The molecule has 8 heteroatoms. The van der Waals surface area contributed by atoms with E-state index in [-0.39, 0.29) is 10.8 Å². The van der Waals surface area contributed by atoms with Gasteiger partial charge < -0.3 is 10.1 Å². The van der Waals surface area contributed by atoms with E-state index in [1.807, 2.05) is 0 Å². The number of hydrogen-bond acceptors (Lipinski definition) is 5. The summed E-state index contributed by atoms with van der Waals surface area (Å²) in [4.78, 5) is 12.3. The highest BCUT2D eigenvalue weighted by Gasteiger charge is 2.25. The number of amides is 1. The van der Waals surface area contributed by atoms with E-state index in [1.165, 1.54) is 22.5 Å². The van der Waals surface area contributed by atoms with Crippen LogP contribution in [0, 0.1) is 11.3 Å². The Morgan fingerprint density at radius 2 is 1.76 bits per heavy atom. The minimum atomic E-state index is -3.53. The van der Waals surface area contributed by atoms with Crippen LogP contribution in [-0.2, 0) is 26.0 Å². The Morgan fingerprint density at radius 3 is 2.38 bits per heavy atom. The first-order chi connectivity index (χ1) is 14.0. The number of sulfonamides is 1. The number of morpholine rings is 1. The fourth-order valence-corrected chi connectivity index (χ4v) is 4.25. The first-order valence-electron chi connectivity index (χ1n) is 9.12. The van der Waals surface area contributed by atoms with E-state index < -0.39 is 10.0 Å². The molecule has 0 unspecified atom stereocenters. The number of carbonyl (C=O) groups is 1. The topological polar surface area (TPSA) is 99.5 Å². The first kappa shape index (κ1) is 20.7. The van der Waals surface area contributed by atoms with Crippen LogP contribution in [0.15, 0.2) is 59.5 Å². The van der Waals surface area contributed by atoms with Crippen molar-refractivity contribution >= 4 is 27.7 Å². The molecule has 2 aromatic rings. The van der Waals surface area contributed by atoms with Gasteiger partial charge >= 0.3 is 0 Å². The Kier molecular flexibility index (Phi) is 6.77. The van der Waals surface area contributed by atoms with E-state index in [2.05, 4.69) is 11.4 Å². The lowest BCUT2D eigenvalue weighted by Crippen LogP contribution is -2.40. The molecule has 0 saturated carbocycles. The SMILES string of the molecule is N#CCc1ccc(NC(=O)/C=C/c2ccc(S(=O)(=O)N3CCOCC3)cc2)cc1. The van der Waals surface area contributed by atoms with Gasteiger partial charge in [-0.3, -0.25) is 4.79 Å². The van der Waals surface area contributed by atoms with Crippen LogP contribution in [0.4, 0.5) is 5.69 Å². The van der Waals surface area contributed by atoms with Crippen molar-refractivity contribution in [2.75, 3.05) is 31.6 Å². The lowest BCUT2D eigenvalue weighted by molar-refractivity contribution is -0.111. The summed E-state index contributed by atoms with van der Waals surface area (Å²) < 4.78 is 31.8. The number of nitrogens with one attached hydrogen (secondary N) is 1. The summed E-state index contributed by atoms with van der Waals surface area (Å²) in [7, 11) is -3.53. The van der Waals surface area contributed by atoms with Crippen LogP contribution in [-0.4, -0.2) is 44.9 Å². The summed E-state index contributed by atoms with van der Waals surface area (Å²) in [5.41, 5.74) is 2.23. The minimum absolute atomic E-state index is 0.221. The summed E-state index contributed by atoms with van der Waals surface area (Å²) >= 11 is 0. The maximum absolute atomic E-state index is 12.6. The highest BCUT2D eigenvalue weighted by Crippen LogP contribution is 2.18. The van der Waals surface area contributed by atoms with Crippen molar-refractivity contribution in [3.63, 3.8) is 0 Å². The van der Waals surface area contributed by atoms with Gasteiger partial charge in [0.05, 0.1) is 30.6 Å². The average Bonchev–Trinajstić information content (AvgIpc) is 2.75. The maximum atomic E-state index is 12.6. The Hall–Kier alpha value is -2.99. The molecule has 1 aliphatic rings. The van der Waals surface area contributed by atoms with Crippen molar-refractivity contribution in [2.24, 2.45) is 0 Å². The lowest BCUT2D eigenvalue weighted by Gasteiger charge is -2.26. The normalized spacial score (nSPS) is 15.1. The number of nitrogens with zero attached hydrogens (tertiary/aromatic N) is 2. The van der Waals surface area contributed by atoms with Gasteiger partial charge in [-0.1, -0.05) is 24.3 Å². The van der Waals surface area contributed by atoms with Crippen molar-refractivity contribution in [3.05, 3.63) is 65.7 Å². The largest absolute Gasteiger partial charge is 0.379 e. The quantitative estimate of drug-likeness (QED) is 0.736. The summed E-state index contributed by atoms with van der Waals surface area (Å²) in [6, 6.07) is 15.5. The second-order valence-electron chi connectivity index (χ2n) is 6.44. The molecule has 150 valence electrons. The number of rotatable bonds is 6. The number of ether oxygens (including phenoxy) is 1. The van der Waals surface area contributed by atoms with Gasteiger partial charge in [0.25, 0.3) is 0 Å². The standard InChI is InChI=1S/C21H21N3O4S/c22-12-11-18-1-6-19(7-2-18)23-21(25)10-5-17-3-8-20(9-4-17)29(26,27)24-13-15-28-16-14-24/h1-10H,11,13-16H2,(H,23,25)/b10-5+. The van der Waals surface area contributed by atoms with Gasteiger partial charge in [0.15, 0.2) is 0 Å². The van der Waals surface area contributed by atoms with Gasteiger partial charge in [-0.15, -0.1) is 0 Å². The fourth-order valence-electron chi connectivity index (χ4n) is 2.84. The van der Waals surface area contributed by atoms with Crippen molar-refractivity contribution in [3.8, 4) is 6.07 Å². The predicted molar refractivity (Wildman–Crippen MR) is 109 cm³/mol. The molecule has 0 spiro atoms. The van der Waals surface area contributed by atoms with Gasteiger partial charge in [-0.2, -0.15) is 9.57 Å². The molecule has 1 N–H and O–H groups in total. The van der Waals surface area contributed by atoms with Gasteiger partial charge in [0, 0.05) is 24.9 Å². The molecule has 3 rings (SSSR count). The number of anilines is 1. The van der Waals surface area contributed by atoms with Crippen LogP contribution in [0.3, 0.4) is 0 Å². The van der Waals surface area contributed by atoms with Gasteiger partial charge in [-0.25, -0.2) is 8.42 Å². The molecule has 1 fully saturated rings. The second kappa shape index (κ2) is 9.47. The van der Waals surface area contributed by atoms with Crippen LogP contribution in [0.1, 0.15) is 11.1 Å². The van der Waals surface area contributed by atoms with Crippen molar-refractivity contribution < 1.29 is 17.9 Å². The van der Waals surface area contributed by atoms with E-state index >= 15 is 0 Å². The fraction of sp³-hybridized carbons (Fsp3) is 0.238. The van der Waals surface area contributed by atoms with Crippen molar-refractivity contribution in [1.82, 2.24) is 4.31 Å². The Morgan fingerprint density at radius 1 is 1.10 bits per heavy atom. The number of benzene rings is 2. The summed E-state index contributed by atoms with van der Waals surface area (Å²) in [6.45, 7) is 1.50. The molecule has 29 heavy (non-hydrogen) atoms. The summed E-state index contributed by atoms with van der Waals surface area (Å²) in [6.07, 6.45) is 3.32. The third-order valence-corrected chi connectivity index (χ3v) is 6.33.